The molecule has 3 nitrogen and oxygen atoms in total. The summed E-state index contributed by atoms with van der Waals surface area (Å²) >= 11 is 0. The number of hydrogen-bond acceptors (Lipinski definition) is 2. The predicted molar refractivity (Wildman–Crippen MR) is 76.5 cm³/mol. The van der Waals surface area contributed by atoms with Crippen LogP contribution in [0.25, 0.3) is 0 Å². The lowest BCUT2D eigenvalue weighted by molar-refractivity contribution is 0.0787. The number of hydrogen-bond donors (Lipinski definition) is 0. The van der Waals surface area contributed by atoms with Crippen LogP contribution >= 0.6 is 0 Å². The largest absolute Gasteiger partial charge is 0.497 e. The van der Waals surface area contributed by atoms with Crippen LogP contribution in [0.3, 0.4) is 0 Å². The van der Waals surface area contributed by atoms with Crippen LogP contribution < -0.4 is 4.74 Å². The van der Waals surface area contributed by atoms with E-state index in [9.17, 15) is 4.79 Å². The summed E-state index contributed by atoms with van der Waals surface area (Å²) in [6.45, 7) is 0.857. The molecule has 0 aliphatic heterocycles. The van der Waals surface area contributed by atoms with Crippen molar-refractivity contribution >= 4 is 5.91 Å². The van der Waals surface area contributed by atoms with E-state index in [1.54, 1.807) is 7.11 Å². The summed E-state index contributed by atoms with van der Waals surface area (Å²) in [6, 6.07) is 7.32. The second-order valence-electron chi connectivity index (χ2n) is 5.39. The highest BCUT2D eigenvalue weighted by atomic mass is 16.5. The molecule has 0 heterocycles. The van der Waals surface area contributed by atoms with Crippen molar-refractivity contribution in [1.29, 1.82) is 0 Å². The zero-order valence-corrected chi connectivity index (χ0v) is 11.9. The van der Waals surface area contributed by atoms with E-state index in [4.69, 9.17) is 4.74 Å². The zero-order chi connectivity index (χ0) is 13.7. The summed E-state index contributed by atoms with van der Waals surface area (Å²) in [6.07, 6.45) is 6.54. The number of nitrogens with zero attached hydrogens (tertiary/aromatic N) is 1. The smallest absolute Gasteiger partial charge is 0.253 e. The molecule has 1 aliphatic rings. The molecule has 1 saturated carbocycles. The van der Waals surface area contributed by atoms with E-state index in [1.807, 2.05) is 36.2 Å². The van der Waals surface area contributed by atoms with Crippen molar-refractivity contribution in [3.63, 3.8) is 0 Å². The summed E-state index contributed by atoms with van der Waals surface area (Å²) in [5.74, 6) is 1.71. The van der Waals surface area contributed by atoms with Gasteiger partial charge in [0, 0.05) is 19.2 Å². The van der Waals surface area contributed by atoms with Crippen LogP contribution in [0.4, 0.5) is 0 Å². The zero-order valence-electron chi connectivity index (χ0n) is 11.9. The fourth-order valence-corrected chi connectivity index (χ4v) is 2.73. The van der Waals surface area contributed by atoms with Crippen molar-refractivity contribution in [1.82, 2.24) is 4.90 Å². The van der Waals surface area contributed by atoms with E-state index in [1.165, 1.54) is 25.7 Å². The third kappa shape index (κ3) is 3.72. The lowest BCUT2D eigenvalue weighted by Gasteiger charge is -2.19. The average molecular weight is 261 g/mol. The Morgan fingerprint density at radius 1 is 1.26 bits per heavy atom. The first-order valence-electron chi connectivity index (χ1n) is 7.10. The van der Waals surface area contributed by atoms with Crippen LogP contribution in [-0.4, -0.2) is 31.5 Å². The van der Waals surface area contributed by atoms with Gasteiger partial charge in [0.2, 0.25) is 0 Å². The standard InChI is InChI=1S/C16H23NO2/c1-17(12-11-13-5-3-4-6-13)16(18)14-7-9-15(19-2)10-8-14/h7-10,13H,3-6,11-12H2,1-2H3. The Kier molecular flexibility index (Phi) is 4.83. The summed E-state index contributed by atoms with van der Waals surface area (Å²) < 4.78 is 5.10. The summed E-state index contributed by atoms with van der Waals surface area (Å²) in [4.78, 5) is 14.1. The maximum absolute atomic E-state index is 12.2. The normalized spacial score (nSPS) is 15.5. The number of rotatable bonds is 5. The molecular formula is C16H23NO2. The van der Waals surface area contributed by atoms with Crippen LogP contribution in [-0.2, 0) is 0 Å². The molecule has 0 unspecified atom stereocenters. The molecule has 19 heavy (non-hydrogen) atoms. The number of benzene rings is 1. The lowest BCUT2D eigenvalue weighted by atomic mass is 10.0. The van der Waals surface area contributed by atoms with Gasteiger partial charge in [0.1, 0.15) is 5.75 Å². The second-order valence-corrected chi connectivity index (χ2v) is 5.39. The highest BCUT2D eigenvalue weighted by Crippen LogP contribution is 2.27. The molecule has 0 bridgehead atoms. The Morgan fingerprint density at radius 2 is 1.89 bits per heavy atom. The maximum atomic E-state index is 12.2. The lowest BCUT2D eigenvalue weighted by Crippen LogP contribution is -2.28. The van der Waals surface area contributed by atoms with Crippen LogP contribution in [0.2, 0.25) is 0 Å². The molecule has 0 N–H and O–H groups in total. The van der Waals surface area contributed by atoms with Gasteiger partial charge in [0.15, 0.2) is 0 Å². The van der Waals surface area contributed by atoms with Crippen LogP contribution in [0.15, 0.2) is 24.3 Å². The van der Waals surface area contributed by atoms with E-state index in [-0.39, 0.29) is 5.91 Å². The van der Waals surface area contributed by atoms with Gasteiger partial charge in [-0.3, -0.25) is 4.79 Å². The molecule has 1 aromatic carbocycles. The molecule has 104 valence electrons. The Hall–Kier alpha value is -1.51. The number of carbonyl (C=O) groups excluding carboxylic acids is 1. The fraction of sp³-hybridized carbons (Fsp3) is 0.562. The van der Waals surface area contributed by atoms with Gasteiger partial charge in [-0.05, 0) is 36.6 Å². The van der Waals surface area contributed by atoms with Gasteiger partial charge in [-0.2, -0.15) is 0 Å². The first-order chi connectivity index (χ1) is 9.20. The van der Waals surface area contributed by atoms with Crippen LogP contribution in [0.1, 0.15) is 42.5 Å². The quantitative estimate of drug-likeness (QED) is 0.813. The molecule has 0 atom stereocenters. The highest BCUT2D eigenvalue weighted by Gasteiger charge is 2.17. The van der Waals surface area contributed by atoms with E-state index in [2.05, 4.69) is 0 Å². The summed E-state index contributed by atoms with van der Waals surface area (Å²) in [5, 5.41) is 0. The average Bonchev–Trinajstić information content (AvgIpc) is 2.97. The number of ether oxygens (including phenoxy) is 1. The topological polar surface area (TPSA) is 29.5 Å². The summed E-state index contributed by atoms with van der Waals surface area (Å²) in [7, 11) is 3.52. The summed E-state index contributed by atoms with van der Waals surface area (Å²) in [5.41, 5.74) is 0.731. The van der Waals surface area contributed by atoms with Crippen molar-refractivity contribution < 1.29 is 9.53 Å². The number of carbonyl (C=O) groups is 1. The van der Waals surface area contributed by atoms with Gasteiger partial charge < -0.3 is 9.64 Å². The van der Waals surface area contributed by atoms with E-state index in [0.717, 1.165) is 30.2 Å². The second kappa shape index (κ2) is 6.60. The minimum atomic E-state index is 0.0978. The molecule has 0 saturated heterocycles. The fourth-order valence-electron chi connectivity index (χ4n) is 2.73. The molecular weight excluding hydrogens is 238 g/mol. The van der Waals surface area contributed by atoms with Gasteiger partial charge in [0.05, 0.1) is 7.11 Å². The molecule has 0 aromatic heterocycles. The minimum Gasteiger partial charge on any atom is -0.497 e. The van der Waals surface area contributed by atoms with Gasteiger partial charge in [-0.1, -0.05) is 25.7 Å². The van der Waals surface area contributed by atoms with Crippen molar-refractivity contribution in [2.24, 2.45) is 5.92 Å². The number of amides is 1. The van der Waals surface area contributed by atoms with Crippen LogP contribution in [0.5, 0.6) is 5.75 Å². The number of methoxy groups -OCH3 is 1. The Bertz CT molecular complexity index is 407. The van der Waals surface area contributed by atoms with Crippen molar-refractivity contribution in [3.8, 4) is 5.75 Å². The van der Waals surface area contributed by atoms with Crippen molar-refractivity contribution in [2.75, 3.05) is 20.7 Å². The molecule has 0 radical (unpaired) electrons. The predicted octanol–water partition coefficient (Wildman–Crippen LogP) is 3.35. The first kappa shape index (κ1) is 13.9. The molecule has 1 fully saturated rings. The van der Waals surface area contributed by atoms with Crippen molar-refractivity contribution in [2.45, 2.75) is 32.1 Å². The Morgan fingerprint density at radius 3 is 2.47 bits per heavy atom. The third-order valence-corrected chi connectivity index (χ3v) is 4.03. The van der Waals surface area contributed by atoms with Gasteiger partial charge in [-0.15, -0.1) is 0 Å². The highest BCUT2D eigenvalue weighted by molar-refractivity contribution is 5.94. The molecule has 2 rings (SSSR count). The third-order valence-electron chi connectivity index (χ3n) is 4.03. The maximum Gasteiger partial charge on any atom is 0.253 e. The van der Waals surface area contributed by atoms with Crippen molar-refractivity contribution in [3.05, 3.63) is 29.8 Å². The minimum absolute atomic E-state index is 0.0978. The SMILES string of the molecule is COc1ccc(C(=O)N(C)CCC2CCCC2)cc1. The molecule has 1 amide bonds. The molecule has 1 aromatic rings. The monoisotopic (exact) mass is 261 g/mol. The Labute approximate surface area is 115 Å². The van der Waals surface area contributed by atoms with E-state index < -0.39 is 0 Å². The van der Waals surface area contributed by atoms with E-state index in [0.29, 0.717) is 0 Å². The molecule has 3 heteroatoms. The van der Waals surface area contributed by atoms with Gasteiger partial charge >= 0.3 is 0 Å². The van der Waals surface area contributed by atoms with Gasteiger partial charge in [-0.25, -0.2) is 0 Å². The Balaban J connectivity index is 1.86. The molecule has 0 spiro atoms. The van der Waals surface area contributed by atoms with Gasteiger partial charge in [0.25, 0.3) is 5.91 Å². The first-order valence-corrected chi connectivity index (χ1v) is 7.10. The van der Waals surface area contributed by atoms with Crippen LogP contribution in [0, 0.1) is 5.92 Å². The van der Waals surface area contributed by atoms with E-state index >= 15 is 0 Å². The molecule has 1 aliphatic carbocycles.